The summed E-state index contributed by atoms with van der Waals surface area (Å²) in [6.07, 6.45) is 1.25. The Morgan fingerprint density at radius 3 is 2.65 bits per heavy atom. The van der Waals surface area contributed by atoms with Gasteiger partial charge in [0.15, 0.2) is 0 Å². The smallest absolute Gasteiger partial charge is 0.324 e. The van der Waals surface area contributed by atoms with Gasteiger partial charge in [0.1, 0.15) is 5.69 Å². The van der Waals surface area contributed by atoms with Crippen molar-refractivity contribution in [2.45, 2.75) is 12.8 Å². The number of carbonyl (C=O) groups is 3. The molecule has 1 aliphatic heterocycles. The molecule has 0 radical (unpaired) electrons. The third kappa shape index (κ3) is 3.55. The number of aromatic amines is 1. The highest BCUT2D eigenvalue weighted by Crippen LogP contribution is 2.25. The molecule has 26 heavy (non-hydrogen) atoms. The predicted octanol–water partition coefficient (Wildman–Crippen LogP) is 0.465. The number of rotatable bonds is 7. The van der Waals surface area contributed by atoms with Gasteiger partial charge < -0.3 is 20.9 Å². The molecule has 138 valence electrons. The summed E-state index contributed by atoms with van der Waals surface area (Å²) in [6, 6.07) is 5.49. The Morgan fingerprint density at radius 2 is 2.04 bits per heavy atom. The van der Waals surface area contributed by atoms with E-state index < -0.39 is 5.91 Å². The zero-order valence-corrected chi connectivity index (χ0v) is 15.0. The van der Waals surface area contributed by atoms with E-state index in [9.17, 15) is 14.4 Å². The fraction of sp³-hybridized carbons (Fsp3) is 0.389. The van der Waals surface area contributed by atoms with Crippen molar-refractivity contribution in [1.82, 2.24) is 20.1 Å². The van der Waals surface area contributed by atoms with Crippen LogP contribution in [0.25, 0.3) is 10.9 Å². The van der Waals surface area contributed by atoms with Crippen molar-refractivity contribution in [3.8, 4) is 0 Å². The van der Waals surface area contributed by atoms with Crippen molar-refractivity contribution in [3.63, 3.8) is 0 Å². The third-order valence-electron chi connectivity index (χ3n) is 4.59. The number of H-pyrrole nitrogens is 1. The van der Waals surface area contributed by atoms with Gasteiger partial charge in [0, 0.05) is 24.0 Å². The lowest BCUT2D eigenvalue weighted by Crippen LogP contribution is -2.32. The first-order valence-electron chi connectivity index (χ1n) is 8.53. The standard InChI is InChI=1S/C18H23N5O3/c1-22(2)7-6-12-13-9-11(3-4-14(13)21-16(12)17(19)25)5-8-23-15(24)10-20-18(23)26/h3-4,9,21H,5-8,10H2,1-2H3,(H2,19,25)(H,20,26). The quantitative estimate of drug-likeness (QED) is 0.625. The van der Waals surface area contributed by atoms with Gasteiger partial charge in [-0.2, -0.15) is 0 Å². The number of hydrogen-bond acceptors (Lipinski definition) is 4. The van der Waals surface area contributed by atoms with Crippen LogP contribution in [0.1, 0.15) is 21.6 Å². The van der Waals surface area contributed by atoms with E-state index in [0.29, 0.717) is 25.1 Å². The maximum absolute atomic E-state index is 11.8. The van der Waals surface area contributed by atoms with Crippen LogP contribution >= 0.6 is 0 Å². The first kappa shape index (κ1) is 17.9. The van der Waals surface area contributed by atoms with E-state index >= 15 is 0 Å². The molecule has 1 fully saturated rings. The second-order valence-corrected chi connectivity index (χ2v) is 6.73. The number of benzene rings is 1. The van der Waals surface area contributed by atoms with Crippen molar-refractivity contribution in [2.75, 3.05) is 33.7 Å². The molecule has 1 aromatic heterocycles. The molecule has 1 aliphatic rings. The molecular formula is C18H23N5O3. The summed E-state index contributed by atoms with van der Waals surface area (Å²) in [7, 11) is 3.95. The number of primary amides is 1. The number of aromatic nitrogens is 1. The van der Waals surface area contributed by atoms with Crippen molar-refractivity contribution in [3.05, 3.63) is 35.0 Å². The molecule has 4 N–H and O–H groups in total. The topological polar surface area (TPSA) is 112 Å². The number of carbonyl (C=O) groups excluding carboxylic acids is 3. The molecule has 1 aromatic carbocycles. The van der Waals surface area contributed by atoms with Crippen LogP contribution in [0.15, 0.2) is 18.2 Å². The van der Waals surface area contributed by atoms with Gasteiger partial charge in [-0.1, -0.05) is 6.07 Å². The van der Waals surface area contributed by atoms with E-state index in [0.717, 1.165) is 28.6 Å². The number of nitrogens with two attached hydrogens (primary N) is 1. The van der Waals surface area contributed by atoms with Crippen LogP contribution in [0.5, 0.6) is 0 Å². The highest BCUT2D eigenvalue weighted by molar-refractivity contribution is 6.02. The predicted molar refractivity (Wildman–Crippen MR) is 97.9 cm³/mol. The van der Waals surface area contributed by atoms with Crippen molar-refractivity contribution < 1.29 is 14.4 Å². The molecule has 2 heterocycles. The van der Waals surface area contributed by atoms with E-state index in [2.05, 4.69) is 10.3 Å². The Kier molecular flexibility index (Phi) is 4.94. The molecular weight excluding hydrogens is 334 g/mol. The number of nitrogens with zero attached hydrogens (tertiary/aromatic N) is 2. The summed E-state index contributed by atoms with van der Waals surface area (Å²) in [5, 5.41) is 3.47. The zero-order chi connectivity index (χ0) is 18.8. The number of amides is 4. The third-order valence-corrected chi connectivity index (χ3v) is 4.59. The molecule has 3 rings (SSSR count). The molecule has 0 saturated carbocycles. The van der Waals surface area contributed by atoms with E-state index in [1.165, 1.54) is 4.90 Å². The summed E-state index contributed by atoms with van der Waals surface area (Å²) in [6.45, 7) is 1.18. The second kappa shape index (κ2) is 7.17. The molecule has 8 nitrogen and oxygen atoms in total. The van der Waals surface area contributed by atoms with Gasteiger partial charge in [0.05, 0.1) is 6.54 Å². The van der Waals surface area contributed by atoms with E-state index in [1.54, 1.807) is 0 Å². The van der Waals surface area contributed by atoms with Gasteiger partial charge in [-0.05, 0) is 50.2 Å². The molecule has 0 aliphatic carbocycles. The molecule has 2 aromatic rings. The lowest BCUT2D eigenvalue weighted by Gasteiger charge is -2.12. The fourth-order valence-electron chi connectivity index (χ4n) is 3.18. The van der Waals surface area contributed by atoms with Crippen molar-refractivity contribution in [2.24, 2.45) is 5.73 Å². The van der Waals surface area contributed by atoms with Gasteiger partial charge >= 0.3 is 6.03 Å². The second-order valence-electron chi connectivity index (χ2n) is 6.73. The highest BCUT2D eigenvalue weighted by Gasteiger charge is 2.27. The van der Waals surface area contributed by atoms with E-state index in [-0.39, 0.29) is 18.5 Å². The minimum Gasteiger partial charge on any atom is -0.364 e. The van der Waals surface area contributed by atoms with Crippen molar-refractivity contribution in [1.29, 1.82) is 0 Å². The van der Waals surface area contributed by atoms with E-state index in [4.69, 9.17) is 5.73 Å². The van der Waals surface area contributed by atoms with Gasteiger partial charge in [-0.25, -0.2) is 4.79 Å². The van der Waals surface area contributed by atoms with Crippen LogP contribution in [0.4, 0.5) is 4.79 Å². The fourth-order valence-corrected chi connectivity index (χ4v) is 3.18. The number of imide groups is 1. The Bertz CT molecular complexity index is 855. The Balaban J connectivity index is 1.86. The van der Waals surface area contributed by atoms with Crippen LogP contribution in [0, 0.1) is 0 Å². The molecule has 0 spiro atoms. The van der Waals surface area contributed by atoms with Crippen molar-refractivity contribution >= 4 is 28.7 Å². The zero-order valence-electron chi connectivity index (χ0n) is 15.0. The molecule has 0 atom stereocenters. The maximum atomic E-state index is 11.8. The van der Waals surface area contributed by atoms with Crippen LogP contribution in [0.2, 0.25) is 0 Å². The summed E-state index contributed by atoms with van der Waals surface area (Å²) < 4.78 is 0. The van der Waals surface area contributed by atoms with Gasteiger partial charge in [-0.15, -0.1) is 0 Å². The van der Waals surface area contributed by atoms with E-state index in [1.807, 2.05) is 37.2 Å². The molecule has 8 heteroatoms. The minimum atomic E-state index is -0.476. The normalized spacial score (nSPS) is 14.5. The summed E-state index contributed by atoms with van der Waals surface area (Å²) in [5.74, 6) is -0.684. The summed E-state index contributed by atoms with van der Waals surface area (Å²) in [5.41, 5.74) is 8.71. The SMILES string of the molecule is CN(C)CCc1c(C(N)=O)[nH]c2ccc(CCN3C(=O)CNC3=O)cc12. The Hall–Kier alpha value is -2.87. The molecule has 0 unspecified atom stereocenters. The Morgan fingerprint density at radius 1 is 1.27 bits per heavy atom. The molecule has 0 bridgehead atoms. The largest absolute Gasteiger partial charge is 0.364 e. The number of fused-ring (bicyclic) bond motifs is 1. The van der Waals surface area contributed by atoms with Gasteiger partial charge in [-0.3, -0.25) is 14.5 Å². The highest BCUT2D eigenvalue weighted by atomic mass is 16.2. The average Bonchev–Trinajstić information content (AvgIpc) is 3.11. The van der Waals surface area contributed by atoms with Gasteiger partial charge in [0.25, 0.3) is 5.91 Å². The molecule has 1 saturated heterocycles. The minimum absolute atomic E-state index is 0.0618. The average molecular weight is 357 g/mol. The lowest BCUT2D eigenvalue weighted by molar-refractivity contribution is -0.124. The lowest BCUT2D eigenvalue weighted by atomic mass is 10.0. The van der Waals surface area contributed by atoms with Gasteiger partial charge in [0.2, 0.25) is 5.91 Å². The summed E-state index contributed by atoms with van der Waals surface area (Å²) in [4.78, 5) is 41.5. The maximum Gasteiger partial charge on any atom is 0.324 e. The number of urea groups is 1. The first-order valence-corrected chi connectivity index (χ1v) is 8.53. The first-order chi connectivity index (χ1) is 12.4. The Labute approximate surface area is 151 Å². The van der Waals surface area contributed by atoms with Crippen LogP contribution in [0.3, 0.4) is 0 Å². The summed E-state index contributed by atoms with van der Waals surface area (Å²) >= 11 is 0. The molecule has 4 amide bonds. The van der Waals surface area contributed by atoms with Crippen LogP contribution < -0.4 is 11.1 Å². The number of likely N-dealkylation sites (N-methyl/N-ethyl adjacent to an activating group) is 1. The van der Waals surface area contributed by atoms with Crippen LogP contribution in [-0.2, 0) is 17.6 Å². The van der Waals surface area contributed by atoms with Crippen LogP contribution in [-0.4, -0.2) is 66.4 Å². The number of hydrogen-bond donors (Lipinski definition) is 3. The monoisotopic (exact) mass is 357 g/mol. The number of nitrogens with one attached hydrogen (secondary N) is 2.